The van der Waals surface area contributed by atoms with Crippen molar-refractivity contribution in [1.29, 1.82) is 0 Å². The summed E-state index contributed by atoms with van der Waals surface area (Å²) in [5.41, 5.74) is 0. The Morgan fingerprint density at radius 2 is 0.533 bits per heavy atom. The number of hydrogen-bond acceptors (Lipinski definition) is 0. The third-order valence-corrected chi connectivity index (χ3v) is 5.86. The molecule has 1 aliphatic carbocycles. The van der Waals surface area contributed by atoms with Crippen molar-refractivity contribution in [3.8, 4) is 0 Å². The third kappa shape index (κ3) is 5.98. The fourth-order valence-corrected chi connectivity index (χ4v) is 3.38. The van der Waals surface area contributed by atoms with Gasteiger partial charge in [-0.25, -0.2) is 0 Å². The van der Waals surface area contributed by atoms with Gasteiger partial charge in [0, 0.05) is 0 Å². The van der Waals surface area contributed by atoms with Crippen molar-refractivity contribution < 1.29 is 5.48 Å². The van der Waals surface area contributed by atoms with Gasteiger partial charge >= 0.3 is 75.8 Å². The summed E-state index contributed by atoms with van der Waals surface area (Å²) >= 11 is 35.3. The normalized spacial score (nSPS) is 44.4. The van der Waals surface area contributed by atoms with Crippen LogP contribution in [-0.4, -0.2) is 114 Å². The maximum absolute atomic E-state index is 5.88. The molecule has 2 N–H and O–H groups in total. The Morgan fingerprint density at radius 3 is 0.600 bits per heavy atom. The molecule has 1 aliphatic rings. The molecule has 1 rings (SSSR count). The van der Waals surface area contributed by atoms with Crippen LogP contribution in [0, 0.1) is 0 Å². The molecule has 0 atom stereocenters. The minimum absolute atomic E-state index is 0. The number of alkyl halides is 6. The van der Waals surface area contributed by atoms with E-state index in [1.54, 1.807) is 0 Å². The summed E-state index contributed by atoms with van der Waals surface area (Å²) in [4.78, 5) is 0. The monoisotopic (exact) mass is 470 g/mol. The Labute approximate surface area is 179 Å². The second-order valence-corrected chi connectivity index (χ2v) is 5.69. The van der Waals surface area contributed by atoms with E-state index in [1.807, 2.05) is 0 Å². The van der Waals surface area contributed by atoms with Crippen molar-refractivity contribution in [3.63, 3.8) is 0 Å². The molecule has 0 heterocycles. The molecule has 0 amide bonds. The summed E-state index contributed by atoms with van der Waals surface area (Å²) in [7, 11) is 0. The third-order valence-electron chi connectivity index (χ3n) is 1.83. The molecule has 0 aromatic rings. The maximum atomic E-state index is 5.88. The second-order valence-electron chi connectivity index (χ2n) is 2.67. The molecular weight excluding hydrogens is 462 g/mol. The van der Waals surface area contributed by atoms with Crippen LogP contribution in [0.5, 0.6) is 0 Å². The molecule has 0 bridgehead atoms. The first-order chi connectivity index (χ1) is 5.46. The molecule has 0 spiro atoms. The molecule has 90 valence electrons. The summed E-state index contributed by atoms with van der Waals surface area (Å²) < 4.78 is 0. The van der Waals surface area contributed by atoms with E-state index in [0.717, 1.165) is 0 Å². The van der Waals surface area contributed by atoms with Gasteiger partial charge in [0.25, 0.3) is 0 Å². The van der Waals surface area contributed by atoms with Crippen molar-refractivity contribution in [3.05, 3.63) is 0 Å². The average molecular weight is 474 g/mol. The molecule has 0 unspecified atom stereocenters. The second kappa shape index (κ2) is 10.9. The fraction of sp³-hybridized carbons (Fsp3) is 1.00. The SMILES string of the molecule is Cl[C@H]1[C@H](Cl)[C@@H](Cl)[C@@H](Cl)[C@H](Cl)[C@H]1Cl.O.[KH].[SbH3]. The summed E-state index contributed by atoms with van der Waals surface area (Å²) in [6.07, 6.45) is 0. The van der Waals surface area contributed by atoms with E-state index in [1.165, 1.54) is 0 Å². The molecule has 0 saturated heterocycles. The summed E-state index contributed by atoms with van der Waals surface area (Å²) in [6.45, 7) is 0. The van der Waals surface area contributed by atoms with Crippen molar-refractivity contribution in [2.45, 2.75) is 32.3 Å². The number of hydrogen-bond donors (Lipinski definition) is 0. The van der Waals surface area contributed by atoms with Crippen molar-refractivity contribution in [2.75, 3.05) is 0 Å². The van der Waals surface area contributed by atoms with Gasteiger partial charge in [0.1, 0.15) is 0 Å². The predicted molar refractivity (Wildman–Crippen MR) is 78.5 cm³/mol. The van der Waals surface area contributed by atoms with Gasteiger partial charge in [0.2, 0.25) is 0 Å². The van der Waals surface area contributed by atoms with Gasteiger partial charge in [0.15, 0.2) is 0 Å². The van der Waals surface area contributed by atoms with Crippen LogP contribution in [-0.2, 0) is 0 Å². The van der Waals surface area contributed by atoms with Crippen molar-refractivity contribution in [1.82, 2.24) is 0 Å². The first-order valence-electron chi connectivity index (χ1n) is 3.31. The van der Waals surface area contributed by atoms with Crippen LogP contribution in [0.1, 0.15) is 0 Å². The summed E-state index contributed by atoms with van der Waals surface area (Å²) in [5, 5.41) is -2.62. The Bertz CT molecular complexity index is 119. The molecule has 0 aromatic carbocycles. The van der Waals surface area contributed by atoms with Crippen LogP contribution in [0.3, 0.4) is 0 Å². The van der Waals surface area contributed by atoms with Crippen molar-refractivity contribution >= 4 is 145 Å². The molecular formula is C6H12Cl6KOSb. The summed E-state index contributed by atoms with van der Waals surface area (Å²) in [6, 6.07) is 0. The average Bonchev–Trinajstić information content (AvgIpc) is 2.08. The Morgan fingerprint density at radius 1 is 0.467 bits per heavy atom. The molecule has 0 aliphatic heterocycles. The van der Waals surface area contributed by atoms with Gasteiger partial charge < -0.3 is 5.48 Å². The Balaban J connectivity index is -0.000000480. The van der Waals surface area contributed by atoms with Gasteiger partial charge in [-0.15, -0.1) is 69.6 Å². The topological polar surface area (TPSA) is 31.5 Å². The molecule has 9 heteroatoms. The van der Waals surface area contributed by atoms with Crippen LogP contribution in [0.4, 0.5) is 0 Å². The number of rotatable bonds is 0. The van der Waals surface area contributed by atoms with Gasteiger partial charge in [-0.05, 0) is 0 Å². The van der Waals surface area contributed by atoms with Crippen LogP contribution in [0.25, 0.3) is 0 Å². The van der Waals surface area contributed by atoms with Gasteiger partial charge in [-0.3, -0.25) is 0 Å². The first-order valence-corrected chi connectivity index (χ1v) is 5.93. The van der Waals surface area contributed by atoms with Crippen molar-refractivity contribution in [2.24, 2.45) is 0 Å². The van der Waals surface area contributed by atoms with Gasteiger partial charge in [0.05, 0.1) is 32.3 Å². The minimum atomic E-state index is -0.437. The van der Waals surface area contributed by atoms with E-state index in [9.17, 15) is 0 Å². The first kappa shape index (κ1) is 24.2. The number of halogens is 6. The van der Waals surface area contributed by atoms with Crippen LogP contribution < -0.4 is 0 Å². The van der Waals surface area contributed by atoms with Gasteiger partial charge in [-0.2, -0.15) is 0 Å². The van der Waals surface area contributed by atoms with Crippen LogP contribution in [0.2, 0.25) is 0 Å². The Kier molecular flexibility index (Phi) is 17.6. The standard InChI is InChI=1S/C6H6Cl6.K.H2O.Sb.4H/c7-1-2(8)4(10)6(12)5(11)3(1)9;;;;;;;/h1-6H;;1H2;;;;;/t1-,2-,3-,4+,5+,6+;;;;;;;. The molecule has 0 aromatic heterocycles. The molecule has 0 radical (unpaired) electrons. The zero-order valence-electron chi connectivity index (χ0n) is 6.94. The van der Waals surface area contributed by atoms with Crippen LogP contribution in [0.15, 0.2) is 0 Å². The van der Waals surface area contributed by atoms with Gasteiger partial charge in [-0.1, -0.05) is 0 Å². The zero-order chi connectivity index (χ0) is 9.46. The quantitative estimate of drug-likeness (QED) is 0.371. The molecule has 1 nitrogen and oxygen atoms in total. The van der Waals surface area contributed by atoms with E-state index in [-0.39, 0.29) is 81.3 Å². The van der Waals surface area contributed by atoms with E-state index < -0.39 is 32.3 Å². The predicted octanol–water partition coefficient (Wildman–Crippen LogP) is 0.987. The Hall–Kier alpha value is 4.15. The zero-order valence-corrected chi connectivity index (χ0v) is 15.5. The molecule has 1 fully saturated rings. The van der Waals surface area contributed by atoms with E-state index in [2.05, 4.69) is 0 Å². The molecule has 15 heavy (non-hydrogen) atoms. The van der Waals surface area contributed by atoms with E-state index >= 15 is 0 Å². The fourth-order valence-electron chi connectivity index (χ4n) is 1.05. The van der Waals surface area contributed by atoms with E-state index in [4.69, 9.17) is 69.6 Å². The van der Waals surface area contributed by atoms with Crippen LogP contribution >= 0.6 is 69.6 Å². The van der Waals surface area contributed by atoms with E-state index in [0.29, 0.717) is 0 Å². The summed E-state index contributed by atoms with van der Waals surface area (Å²) in [5.74, 6) is 0. The molecule has 1 saturated carbocycles.